The summed E-state index contributed by atoms with van der Waals surface area (Å²) in [7, 11) is 0. The molecular formula is C14H25NS. The van der Waals surface area contributed by atoms with Gasteiger partial charge in [0.25, 0.3) is 0 Å². The lowest BCUT2D eigenvalue weighted by Gasteiger charge is -2.31. The molecular weight excluding hydrogens is 214 g/mol. The number of hydrogen-bond acceptors (Lipinski definition) is 2. The average Bonchev–Trinajstić information content (AvgIpc) is 2.83. The minimum atomic E-state index is 0.389. The summed E-state index contributed by atoms with van der Waals surface area (Å²) < 4.78 is 0. The van der Waals surface area contributed by atoms with Gasteiger partial charge in [0, 0.05) is 4.88 Å². The lowest BCUT2D eigenvalue weighted by molar-refractivity contribution is 0.233. The van der Waals surface area contributed by atoms with Crippen molar-refractivity contribution in [2.45, 2.75) is 52.4 Å². The SMILES string of the molecule is CCCCC(CC)(CN)CCc1cccs1. The van der Waals surface area contributed by atoms with E-state index in [4.69, 9.17) is 5.73 Å². The average molecular weight is 239 g/mol. The Morgan fingerprint density at radius 3 is 2.62 bits per heavy atom. The maximum absolute atomic E-state index is 6.00. The van der Waals surface area contributed by atoms with Crippen molar-refractivity contribution in [3.05, 3.63) is 22.4 Å². The fourth-order valence-electron chi connectivity index (χ4n) is 2.22. The van der Waals surface area contributed by atoms with Gasteiger partial charge in [0.05, 0.1) is 0 Å². The Morgan fingerprint density at radius 1 is 1.31 bits per heavy atom. The highest BCUT2D eigenvalue weighted by molar-refractivity contribution is 7.09. The Hall–Kier alpha value is -0.340. The van der Waals surface area contributed by atoms with Crippen LogP contribution in [0.25, 0.3) is 0 Å². The normalized spacial score (nSPS) is 14.9. The molecule has 0 fully saturated rings. The molecule has 0 bridgehead atoms. The van der Waals surface area contributed by atoms with Crippen LogP contribution in [-0.2, 0) is 6.42 Å². The molecule has 0 aromatic carbocycles. The lowest BCUT2D eigenvalue weighted by Crippen LogP contribution is -2.30. The Labute approximate surface area is 104 Å². The third kappa shape index (κ3) is 3.91. The summed E-state index contributed by atoms with van der Waals surface area (Å²) in [4.78, 5) is 1.50. The topological polar surface area (TPSA) is 26.0 Å². The van der Waals surface area contributed by atoms with Gasteiger partial charge in [-0.2, -0.15) is 0 Å². The van der Waals surface area contributed by atoms with Crippen molar-refractivity contribution in [1.29, 1.82) is 0 Å². The summed E-state index contributed by atoms with van der Waals surface area (Å²) >= 11 is 1.87. The monoisotopic (exact) mass is 239 g/mol. The van der Waals surface area contributed by atoms with Gasteiger partial charge in [-0.15, -0.1) is 11.3 Å². The van der Waals surface area contributed by atoms with Crippen LogP contribution in [0.2, 0.25) is 0 Å². The summed E-state index contributed by atoms with van der Waals surface area (Å²) in [5.41, 5.74) is 6.39. The highest BCUT2D eigenvalue weighted by Gasteiger charge is 2.25. The number of nitrogens with two attached hydrogens (primary N) is 1. The van der Waals surface area contributed by atoms with Gasteiger partial charge in [-0.05, 0) is 49.1 Å². The van der Waals surface area contributed by atoms with Crippen LogP contribution in [0.3, 0.4) is 0 Å². The second-order valence-corrected chi connectivity index (χ2v) is 5.77. The first-order valence-electron chi connectivity index (χ1n) is 6.49. The number of hydrogen-bond donors (Lipinski definition) is 1. The molecule has 1 heterocycles. The fourth-order valence-corrected chi connectivity index (χ4v) is 2.93. The predicted molar refractivity (Wildman–Crippen MR) is 73.9 cm³/mol. The predicted octanol–water partition coefficient (Wildman–Crippen LogP) is 4.23. The molecule has 0 aliphatic carbocycles. The zero-order chi connectivity index (χ0) is 11.9. The van der Waals surface area contributed by atoms with Gasteiger partial charge in [-0.1, -0.05) is 32.8 Å². The van der Waals surface area contributed by atoms with E-state index in [0.717, 1.165) is 6.54 Å². The van der Waals surface area contributed by atoms with Crippen molar-refractivity contribution in [2.75, 3.05) is 6.54 Å². The Balaban J connectivity index is 2.49. The van der Waals surface area contributed by atoms with Crippen molar-refractivity contribution < 1.29 is 0 Å². The molecule has 0 saturated carbocycles. The minimum absolute atomic E-state index is 0.389. The fraction of sp³-hybridized carbons (Fsp3) is 0.714. The van der Waals surface area contributed by atoms with Crippen molar-refractivity contribution in [1.82, 2.24) is 0 Å². The molecule has 0 saturated heterocycles. The molecule has 0 aliphatic heterocycles. The molecule has 2 heteroatoms. The Bertz CT molecular complexity index is 262. The summed E-state index contributed by atoms with van der Waals surface area (Å²) in [5.74, 6) is 0. The van der Waals surface area contributed by atoms with Crippen LogP contribution < -0.4 is 5.73 Å². The van der Waals surface area contributed by atoms with E-state index < -0.39 is 0 Å². The second kappa shape index (κ2) is 7.08. The van der Waals surface area contributed by atoms with Crippen LogP contribution in [0.15, 0.2) is 17.5 Å². The number of rotatable bonds is 8. The standard InChI is InChI=1S/C14H25NS/c1-3-5-9-14(4-2,12-15)10-8-13-7-6-11-16-13/h6-7,11H,3-5,8-10,12,15H2,1-2H3. The highest BCUT2D eigenvalue weighted by atomic mass is 32.1. The molecule has 1 aromatic heterocycles. The molecule has 0 amide bonds. The highest BCUT2D eigenvalue weighted by Crippen LogP contribution is 2.33. The van der Waals surface area contributed by atoms with E-state index in [0.29, 0.717) is 5.41 Å². The van der Waals surface area contributed by atoms with Crippen LogP contribution in [0.5, 0.6) is 0 Å². The second-order valence-electron chi connectivity index (χ2n) is 4.74. The van der Waals surface area contributed by atoms with Crippen molar-refractivity contribution in [2.24, 2.45) is 11.1 Å². The van der Waals surface area contributed by atoms with E-state index in [-0.39, 0.29) is 0 Å². The van der Waals surface area contributed by atoms with Crippen LogP contribution in [-0.4, -0.2) is 6.54 Å². The third-order valence-electron chi connectivity index (χ3n) is 3.73. The van der Waals surface area contributed by atoms with Gasteiger partial charge in [-0.3, -0.25) is 0 Å². The number of aryl methyl sites for hydroxylation is 1. The maximum Gasteiger partial charge on any atom is 0.00454 e. The van der Waals surface area contributed by atoms with Crippen LogP contribution in [0.4, 0.5) is 0 Å². The quantitative estimate of drug-likeness (QED) is 0.722. The van der Waals surface area contributed by atoms with Crippen molar-refractivity contribution in [3.63, 3.8) is 0 Å². The van der Waals surface area contributed by atoms with Crippen molar-refractivity contribution in [3.8, 4) is 0 Å². The van der Waals surface area contributed by atoms with Crippen LogP contribution in [0, 0.1) is 5.41 Å². The first kappa shape index (κ1) is 13.7. The first-order chi connectivity index (χ1) is 7.76. The van der Waals surface area contributed by atoms with Gasteiger partial charge in [0.1, 0.15) is 0 Å². The molecule has 1 unspecified atom stereocenters. The summed E-state index contributed by atoms with van der Waals surface area (Å²) in [6, 6.07) is 4.38. The Morgan fingerprint density at radius 2 is 2.12 bits per heavy atom. The molecule has 0 aliphatic rings. The van der Waals surface area contributed by atoms with E-state index in [1.54, 1.807) is 0 Å². The zero-order valence-electron chi connectivity index (χ0n) is 10.7. The van der Waals surface area contributed by atoms with Crippen LogP contribution >= 0.6 is 11.3 Å². The summed E-state index contributed by atoms with van der Waals surface area (Å²) in [6.45, 7) is 5.39. The van der Waals surface area contributed by atoms with E-state index in [9.17, 15) is 0 Å². The van der Waals surface area contributed by atoms with Gasteiger partial charge >= 0.3 is 0 Å². The molecule has 16 heavy (non-hydrogen) atoms. The summed E-state index contributed by atoms with van der Waals surface area (Å²) in [6.07, 6.45) is 7.56. The van der Waals surface area contributed by atoms with Gasteiger partial charge in [-0.25, -0.2) is 0 Å². The molecule has 2 N–H and O–H groups in total. The van der Waals surface area contributed by atoms with E-state index in [1.165, 1.54) is 43.4 Å². The van der Waals surface area contributed by atoms with Gasteiger partial charge in [0.15, 0.2) is 0 Å². The molecule has 1 rings (SSSR count). The molecule has 1 atom stereocenters. The zero-order valence-corrected chi connectivity index (χ0v) is 11.5. The van der Waals surface area contributed by atoms with E-state index in [2.05, 4.69) is 31.4 Å². The molecule has 0 spiro atoms. The lowest BCUT2D eigenvalue weighted by atomic mass is 9.76. The van der Waals surface area contributed by atoms with Crippen molar-refractivity contribution >= 4 is 11.3 Å². The number of thiophene rings is 1. The largest absolute Gasteiger partial charge is 0.330 e. The van der Waals surface area contributed by atoms with E-state index in [1.807, 2.05) is 11.3 Å². The van der Waals surface area contributed by atoms with E-state index >= 15 is 0 Å². The summed E-state index contributed by atoms with van der Waals surface area (Å²) in [5, 5.41) is 2.16. The smallest absolute Gasteiger partial charge is 0.00454 e. The molecule has 0 radical (unpaired) electrons. The molecule has 1 aromatic rings. The van der Waals surface area contributed by atoms with Crippen LogP contribution in [0.1, 0.15) is 50.8 Å². The first-order valence-corrected chi connectivity index (χ1v) is 7.37. The number of unbranched alkanes of at least 4 members (excludes halogenated alkanes) is 1. The minimum Gasteiger partial charge on any atom is -0.330 e. The van der Waals surface area contributed by atoms with Gasteiger partial charge < -0.3 is 5.73 Å². The van der Waals surface area contributed by atoms with Gasteiger partial charge in [0.2, 0.25) is 0 Å². The maximum atomic E-state index is 6.00. The molecule has 1 nitrogen and oxygen atoms in total. The Kier molecular flexibility index (Phi) is 6.07. The molecule has 92 valence electrons. The third-order valence-corrected chi connectivity index (χ3v) is 4.66.